The number of aromatic nitrogens is 4. The van der Waals surface area contributed by atoms with Gasteiger partial charge in [-0.25, -0.2) is 0 Å². The molecule has 0 aliphatic carbocycles. The molecule has 0 atom stereocenters. The molecular weight excluding hydrogens is 358 g/mol. The molecule has 1 aromatic carbocycles. The molecule has 128 valence electrons. The third-order valence-corrected chi connectivity index (χ3v) is 5.06. The predicted molar refractivity (Wildman–Crippen MR) is 99.8 cm³/mol. The lowest BCUT2D eigenvalue weighted by atomic mass is 10.2. The number of halogens is 1. The monoisotopic (exact) mass is 373 g/mol. The van der Waals surface area contributed by atoms with Crippen LogP contribution in [0, 0.1) is 6.92 Å². The van der Waals surface area contributed by atoms with E-state index in [1.807, 2.05) is 36.7 Å². The first kappa shape index (κ1) is 17.4. The van der Waals surface area contributed by atoms with Gasteiger partial charge in [0.25, 0.3) is 0 Å². The molecule has 0 saturated heterocycles. The summed E-state index contributed by atoms with van der Waals surface area (Å²) in [6, 6.07) is 9.19. The van der Waals surface area contributed by atoms with Gasteiger partial charge in [0, 0.05) is 35.7 Å². The van der Waals surface area contributed by atoms with Gasteiger partial charge in [0.2, 0.25) is 5.91 Å². The number of carbonyl (C=O) groups excluding carboxylic acids is 1. The summed E-state index contributed by atoms with van der Waals surface area (Å²) >= 11 is 7.39. The minimum atomic E-state index is -0.124. The molecule has 0 radical (unpaired) electrons. The first-order valence-electron chi connectivity index (χ1n) is 7.54. The summed E-state index contributed by atoms with van der Waals surface area (Å²) in [5, 5.41) is 12.5. The Hall–Kier alpha value is -2.38. The zero-order valence-electron chi connectivity index (χ0n) is 13.7. The second kappa shape index (κ2) is 7.67. The molecule has 0 saturated carbocycles. The highest BCUT2D eigenvalue weighted by Gasteiger charge is 2.13. The average Bonchev–Trinajstić information content (AvgIpc) is 2.99. The van der Waals surface area contributed by atoms with Crippen LogP contribution in [-0.2, 0) is 11.8 Å². The number of benzene rings is 1. The molecule has 0 bridgehead atoms. The number of anilines is 1. The summed E-state index contributed by atoms with van der Waals surface area (Å²) in [7, 11) is 1.86. The zero-order valence-corrected chi connectivity index (χ0v) is 15.3. The fourth-order valence-electron chi connectivity index (χ4n) is 2.25. The van der Waals surface area contributed by atoms with Crippen molar-refractivity contribution in [1.82, 2.24) is 19.7 Å². The molecule has 0 aliphatic rings. The number of rotatable bonds is 5. The number of pyridine rings is 1. The molecule has 8 heteroatoms. The van der Waals surface area contributed by atoms with E-state index in [-0.39, 0.29) is 11.7 Å². The lowest BCUT2D eigenvalue weighted by Gasteiger charge is -2.09. The Kier molecular flexibility index (Phi) is 5.35. The summed E-state index contributed by atoms with van der Waals surface area (Å²) < 4.78 is 1.85. The van der Waals surface area contributed by atoms with Crippen LogP contribution in [0.5, 0.6) is 0 Å². The Morgan fingerprint density at radius 3 is 2.88 bits per heavy atom. The normalized spacial score (nSPS) is 10.7. The van der Waals surface area contributed by atoms with Crippen molar-refractivity contribution < 1.29 is 4.79 Å². The highest BCUT2D eigenvalue weighted by atomic mass is 35.5. The molecule has 25 heavy (non-hydrogen) atoms. The summed E-state index contributed by atoms with van der Waals surface area (Å²) in [4.78, 5) is 16.3. The Balaban J connectivity index is 1.65. The van der Waals surface area contributed by atoms with E-state index in [1.165, 1.54) is 11.8 Å². The van der Waals surface area contributed by atoms with E-state index in [1.54, 1.807) is 24.5 Å². The minimum Gasteiger partial charge on any atom is -0.325 e. The van der Waals surface area contributed by atoms with Gasteiger partial charge in [0.05, 0.1) is 5.75 Å². The minimum absolute atomic E-state index is 0.124. The van der Waals surface area contributed by atoms with Gasteiger partial charge in [-0.3, -0.25) is 9.78 Å². The number of hydrogen-bond acceptors (Lipinski definition) is 5. The summed E-state index contributed by atoms with van der Waals surface area (Å²) in [6.45, 7) is 1.87. The van der Waals surface area contributed by atoms with E-state index in [0.717, 1.165) is 11.1 Å². The van der Waals surface area contributed by atoms with Crippen molar-refractivity contribution in [3.63, 3.8) is 0 Å². The van der Waals surface area contributed by atoms with Crippen molar-refractivity contribution in [1.29, 1.82) is 0 Å². The zero-order chi connectivity index (χ0) is 17.8. The number of carbonyl (C=O) groups is 1. The van der Waals surface area contributed by atoms with Gasteiger partial charge in [-0.1, -0.05) is 29.4 Å². The summed E-state index contributed by atoms with van der Waals surface area (Å²) in [5.41, 5.74) is 2.44. The molecule has 0 spiro atoms. The smallest absolute Gasteiger partial charge is 0.234 e. The van der Waals surface area contributed by atoms with Crippen LogP contribution >= 0.6 is 23.4 Å². The number of thioether (sulfide) groups is 1. The lowest BCUT2D eigenvalue weighted by molar-refractivity contribution is -0.113. The number of hydrogen-bond donors (Lipinski definition) is 1. The fraction of sp³-hybridized carbons (Fsp3) is 0.176. The quantitative estimate of drug-likeness (QED) is 0.692. The van der Waals surface area contributed by atoms with Crippen LogP contribution in [0.2, 0.25) is 5.02 Å². The van der Waals surface area contributed by atoms with Crippen molar-refractivity contribution >= 4 is 35.0 Å². The highest BCUT2D eigenvalue weighted by Crippen LogP contribution is 2.24. The van der Waals surface area contributed by atoms with Crippen LogP contribution in [0.1, 0.15) is 5.56 Å². The van der Waals surface area contributed by atoms with Crippen molar-refractivity contribution in [3.8, 4) is 11.4 Å². The van der Waals surface area contributed by atoms with E-state index in [9.17, 15) is 4.79 Å². The second-order valence-electron chi connectivity index (χ2n) is 5.36. The molecule has 2 aromatic heterocycles. The van der Waals surface area contributed by atoms with Gasteiger partial charge in [-0.2, -0.15) is 0 Å². The molecule has 0 aliphatic heterocycles. The topological polar surface area (TPSA) is 72.7 Å². The molecular formula is C17H16ClN5OS. The lowest BCUT2D eigenvalue weighted by Crippen LogP contribution is -2.15. The van der Waals surface area contributed by atoms with E-state index in [0.29, 0.717) is 21.7 Å². The fourth-order valence-corrected chi connectivity index (χ4v) is 3.13. The number of amides is 1. The van der Waals surface area contributed by atoms with E-state index < -0.39 is 0 Å². The molecule has 2 heterocycles. The van der Waals surface area contributed by atoms with E-state index in [2.05, 4.69) is 20.5 Å². The summed E-state index contributed by atoms with van der Waals surface area (Å²) in [6.07, 6.45) is 3.44. The molecule has 1 amide bonds. The SMILES string of the molecule is Cc1c(Cl)cccc1NC(=O)CSc1nnc(-c2cccnc2)n1C. The second-order valence-corrected chi connectivity index (χ2v) is 6.71. The molecule has 3 aromatic rings. The van der Waals surface area contributed by atoms with Gasteiger partial charge in [-0.15, -0.1) is 10.2 Å². The molecule has 3 rings (SSSR count). The van der Waals surface area contributed by atoms with Crippen LogP contribution in [0.3, 0.4) is 0 Å². The van der Waals surface area contributed by atoms with Crippen LogP contribution < -0.4 is 5.32 Å². The molecule has 1 N–H and O–H groups in total. The Bertz CT molecular complexity index is 897. The standard InChI is InChI=1S/C17H16ClN5OS/c1-11-13(18)6-3-7-14(11)20-15(24)10-25-17-22-21-16(23(17)2)12-5-4-8-19-9-12/h3-9H,10H2,1-2H3,(H,20,24). The van der Waals surface area contributed by atoms with Crippen molar-refractivity contribution in [3.05, 3.63) is 53.3 Å². The maximum absolute atomic E-state index is 12.2. The van der Waals surface area contributed by atoms with Gasteiger partial charge < -0.3 is 9.88 Å². The number of nitrogens with one attached hydrogen (secondary N) is 1. The third kappa shape index (κ3) is 4.00. The highest BCUT2D eigenvalue weighted by molar-refractivity contribution is 7.99. The van der Waals surface area contributed by atoms with Crippen molar-refractivity contribution in [2.75, 3.05) is 11.1 Å². The first-order chi connectivity index (χ1) is 12.1. The Morgan fingerprint density at radius 2 is 2.12 bits per heavy atom. The van der Waals surface area contributed by atoms with Crippen molar-refractivity contribution in [2.45, 2.75) is 12.1 Å². The van der Waals surface area contributed by atoms with E-state index >= 15 is 0 Å². The molecule has 0 fully saturated rings. The van der Waals surface area contributed by atoms with Crippen LogP contribution in [0.15, 0.2) is 47.9 Å². The predicted octanol–water partition coefficient (Wildman–Crippen LogP) is 3.57. The Morgan fingerprint density at radius 1 is 1.28 bits per heavy atom. The number of nitrogens with zero attached hydrogens (tertiary/aromatic N) is 4. The molecule has 0 unspecified atom stereocenters. The van der Waals surface area contributed by atoms with Crippen molar-refractivity contribution in [2.24, 2.45) is 7.05 Å². The first-order valence-corrected chi connectivity index (χ1v) is 8.90. The maximum Gasteiger partial charge on any atom is 0.234 e. The van der Waals surface area contributed by atoms with Gasteiger partial charge in [0.15, 0.2) is 11.0 Å². The van der Waals surface area contributed by atoms with Gasteiger partial charge in [-0.05, 0) is 36.8 Å². The summed E-state index contributed by atoms with van der Waals surface area (Å²) in [5.74, 6) is 0.813. The average molecular weight is 374 g/mol. The van der Waals surface area contributed by atoms with E-state index in [4.69, 9.17) is 11.6 Å². The maximum atomic E-state index is 12.2. The van der Waals surface area contributed by atoms with Gasteiger partial charge >= 0.3 is 0 Å². The van der Waals surface area contributed by atoms with Crippen LogP contribution in [0.25, 0.3) is 11.4 Å². The Labute approximate surface area is 154 Å². The van der Waals surface area contributed by atoms with Gasteiger partial charge in [0.1, 0.15) is 0 Å². The molecule has 6 nitrogen and oxygen atoms in total. The largest absolute Gasteiger partial charge is 0.325 e. The third-order valence-electron chi connectivity index (χ3n) is 3.63. The van der Waals surface area contributed by atoms with Crippen LogP contribution in [0.4, 0.5) is 5.69 Å². The van der Waals surface area contributed by atoms with Crippen LogP contribution in [-0.4, -0.2) is 31.4 Å².